The number of sulfonamides is 1. The van der Waals surface area contributed by atoms with E-state index in [4.69, 9.17) is 0 Å². The van der Waals surface area contributed by atoms with Crippen molar-refractivity contribution in [3.8, 4) is 0 Å². The Morgan fingerprint density at radius 1 is 0.714 bits per heavy atom. The molecule has 1 fully saturated rings. The summed E-state index contributed by atoms with van der Waals surface area (Å²) in [7, 11) is -4.08. The van der Waals surface area contributed by atoms with E-state index in [0.717, 1.165) is 26.6 Å². The Hall–Kier alpha value is -3.96. The summed E-state index contributed by atoms with van der Waals surface area (Å²) in [4.78, 5) is 14.2. The molecule has 0 aromatic heterocycles. The monoisotopic (exact) mass is 479 g/mol. The van der Waals surface area contributed by atoms with Gasteiger partial charge in [-0.15, -0.1) is 0 Å². The van der Waals surface area contributed by atoms with Crippen molar-refractivity contribution in [1.82, 2.24) is 4.31 Å². The van der Waals surface area contributed by atoms with E-state index in [9.17, 15) is 13.2 Å². The molecule has 0 spiro atoms. The lowest BCUT2D eigenvalue weighted by molar-refractivity contribution is -0.144. The first-order valence-corrected chi connectivity index (χ1v) is 12.9. The van der Waals surface area contributed by atoms with Gasteiger partial charge < -0.3 is 0 Å². The Balaban J connectivity index is 1.71. The predicted octanol–water partition coefficient (Wildman–Crippen LogP) is 5.59. The third kappa shape index (κ3) is 3.78. The van der Waals surface area contributed by atoms with E-state index in [0.29, 0.717) is 0 Å². The maximum absolute atomic E-state index is 14.1. The van der Waals surface area contributed by atoms with Gasteiger partial charge in [0.1, 0.15) is 5.41 Å². The Bertz CT molecular complexity index is 1420. The maximum atomic E-state index is 14.1. The first-order valence-electron chi connectivity index (χ1n) is 11.5. The second-order valence-electron chi connectivity index (χ2n) is 8.67. The predicted molar refractivity (Wildman–Crippen MR) is 138 cm³/mol. The van der Waals surface area contributed by atoms with Crippen molar-refractivity contribution < 1.29 is 13.2 Å². The summed E-state index contributed by atoms with van der Waals surface area (Å²) in [6.07, 6.45) is 3.72. The number of hydrogen-bond acceptors (Lipinski definition) is 3. The summed E-state index contributed by atoms with van der Waals surface area (Å²) in [6, 6.07) is 34.4. The smallest absolute Gasteiger partial charge is 0.267 e. The van der Waals surface area contributed by atoms with Gasteiger partial charge in [0, 0.05) is 0 Å². The number of aryl methyl sites for hydroxylation is 1. The SMILES string of the molecule is Cc1ccc(S(=O)(=O)N2C(=O)C(c3ccccc3)(c3ccccc3)[C@H]2/C=C/c2ccccc2)cc1. The molecule has 0 N–H and O–H groups in total. The van der Waals surface area contributed by atoms with Gasteiger partial charge in [-0.1, -0.05) is 121 Å². The van der Waals surface area contributed by atoms with E-state index in [2.05, 4.69) is 0 Å². The fraction of sp³-hybridized carbons (Fsp3) is 0.100. The molecule has 1 amide bonds. The van der Waals surface area contributed by atoms with Gasteiger partial charge >= 0.3 is 0 Å². The second-order valence-corrected chi connectivity index (χ2v) is 10.5. The molecule has 5 heteroatoms. The third-order valence-corrected chi connectivity index (χ3v) is 8.32. The van der Waals surface area contributed by atoms with Crippen molar-refractivity contribution >= 4 is 22.0 Å². The van der Waals surface area contributed by atoms with Crippen LogP contribution in [0.3, 0.4) is 0 Å². The molecule has 4 aromatic carbocycles. The molecule has 1 saturated heterocycles. The van der Waals surface area contributed by atoms with Crippen LogP contribution in [0.5, 0.6) is 0 Å². The van der Waals surface area contributed by atoms with E-state index >= 15 is 0 Å². The first kappa shape index (κ1) is 22.8. The molecule has 4 aromatic rings. The van der Waals surface area contributed by atoms with Crippen molar-refractivity contribution in [2.24, 2.45) is 0 Å². The number of amides is 1. The van der Waals surface area contributed by atoms with Crippen molar-refractivity contribution in [2.75, 3.05) is 0 Å². The fourth-order valence-corrected chi connectivity index (χ4v) is 6.36. The molecule has 35 heavy (non-hydrogen) atoms. The largest absolute Gasteiger partial charge is 0.272 e. The molecule has 0 aliphatic carbocycles. The number of carbonyl (C=O) groups excluding carboxylic acids is 1. The van der Waals surface area contributed by atoms with Crippen LogP contribution in [0.25, 0.3) is 6.08 Å². The Kier molecular flexibility index (Phi) is 5.87. The van der Waals surface area contributed by atoms with Crippen LogP contribution in [0.2, 0.25) is 0 Å². The third-order valence-electron chi connectivity index (χ3n) is 6.54. The van der Waals surface area contributed by atoms with Crippen molar-refractivity contribution in [3.63, 3.8) is 0 Å². The Morgan fingerprint density at radius 3 is 1.71 bits per heavy atom. The highest BCUT2D eigenvalue weighted by Crippen LogP contribution is 2.50. The molecular formula is C30H25NO3S. The summed E-state index contributed by atoms with van der Waals surface area (Å²) in [5.41, 5.74) is 2.23. The van der Waals surface area contributed by atoms with Crippen molar-refractivity contribution in [3.05, 3.63) is 144 Å². The average molecular weight is 480 g/mol. The van der Waals surface area contributed by atoms with Gasteiger partial charge in [0.05, 0.1) is 10.9 Å². The van der Waals surface area contributed by atoms with E-state index in [1.54, 1.807) is 24.3 Å². The quantitative estimate of drug-likeness (QED) is 0.339. The Morgan fingerprint density at radius 2 is 1.20 bits per heavy atom. The molecule has 0 radical (unpaired) electrons. The van der Waals surface area contributed by atoms with Crippen LogP contribution < -0.4 is 0 Å². The van der Waals surface area contributed by atoms with Crippen LogP contribution >= 0.6 is 0 Å². The zero-order chi connectivity index (χ0) is 24.5. The van der Waals surface area contributed by atoms with E-state index in [1.807, 2.05) is 110 Å². The molecule has 1 atom stereocenters. The van der Waals surface area contributed by atoms with Gasteiger partial charge in [-0.05, 0) is 35.7 Å². The lowest BCUT2D eigenvalue weighted by atomic mass is 9.63. The standard InChI is InChI=1S/C30H25NO3S/c1-23-17-20-27(21-18-23)35(33,34)31-28(22-19-24-11-5-2-6-12-24)30(29(31)32,25-13-7-3-8-14-25)26-15-9-4-10-16-26/h2-22,28H,1H3/b22-19+/t28-/m1/s1. The van der Waals surface area contributed by atoms with Crippen molar-refractivity contribution in [2.45, 2.75) is 23.3 Å². The maximum Gasteiger partial charge on any atom is 0.267 e. The van der Waals surface area contributed by atoms with Gasteiger partial charge in [0.15, 0.2) is 0 Å². The highest BCUT2D eigenvalue weighted by atomic mass is 32.2. The molecule has 1 aliphatic rings. The molecule has 5 rings (SSSR count). The highest BCUT2D eigenvalue weighted by Gasteiger charge is 2.65. The molecule has 1 aliphatic heterocycles. The minimum absolute atomic E-state index is 0.101. The Labute approximate surface area is 206 Å². The summed E-state index contributed by atoms with van der Waals surface area (Å²) < 4.78 is 28.6. The lowest BCUT2D eigenvalue weighted by Gasteiger charge is -2.54. The van der Waals surface area contributed by atoms with Crippen LogP contribution in [0.4, 0.5) is 0 Å². The normalized spacial score (nSPS) is 17.3. The molecular weight excluding hydrogens is 454 g/mol. The lowest BCUT2D eigenvalue weighted by Crippen LogP contribution is -2.72. The number of benzene rings is 4. The van der Waals surface area contributed by atoms with E-state index < -0.39 is 27.4 Å². The first-order chi connectivity index (χ1) is 17.0. The van der Waals surface area contributed by atoms with Gasteiger partial charge in [-0.2, -0.15) is 0 Å². The number of hydrogen-bond donors (Lipinski definition) is 0. The van der Waals surface area contributed by atoms with Gasteiger partial charge in [-0.3, -0.25) is 4.79 Å². The number of carbonyl (C=O) groups is 1. The van der Waals surface area contributed by atoms with Crippen LogP contribution in [-0.4, -0.2) is 24.7 Å². The van der Waals surface area contributed by atoms with Crippen LogP contribution in [0.1, 0.15) is 22.3 Å². The minimum atomic E-state index is -4.08. The summed E-state index contributed by atoms with van der Waals surface area (Å²) >= 11 is 0. The summed E-state index contributed by atoms with van der Waals surface area (Å²) in [6.45, 7) is 1.90. The zero-order valence-electron chi connectivity index (χ0n) is 19.3. The van der Waals surface area contributed by atoms with E-state index in [-0.39, 0.29) is 4.90 Å². The number of rotatable bonds is 6. The van der Waals surface area contributed by atoms with Gasteiger partial charge in [0.2, 0.25) is 0 Å². The minimum Gasteiger partial charge on any atom is -0.272 e. The van der Waals surface area contributed by atoms with E-state index in [1.165, 1.54) is 0 Å². The number of β-lactam (4-membered cyclic amide) rings is 1. The van der Waals surface area contributed by atoms with Gasteiger partial charge in [0.25, 0.3) is 15.9 Å². The fourth-order valence-electron chi connectivity index (χ4n) is 4.76. The molecule has 1 heterocycles. The van der Waals surface area contributed by atoms with Crippen LogP contribution in [0.15, 0.2) is 126 Å². The summed E-state index contributed by atoms with van der Waals surface area (Å²) in [5.74, 6) is -0.460. The van der Waals surface area contributed by atoms with Crippen LogP contribution in [-0.2, 0) is 20.2 Å². The molecule has 4 nitrogen and oxygen atoms in total. The van der Waals surface area contributed by atoms with Crippen molar-refractivity contribution in [1.29, 1.82) is 0 Å². The molecule has 174 valence electrons. The zero-order valence-corrected chi connectivity index (χ0v) is 20.1. The molecule has 0 saturated carbocycles. The average Bonchev–Trinajstić information content (AvgIpc) is 2.89. The van der Waals surface area contributed by atoms with Gasteiger partial charge in [-0.25, -0.2) is 12.7 Å². The molecule has 0 unspecified atom stereocenters. The molecule has 0 bridgehead atoms. The second kappa shape index (κ2) is 9.01. The highest BCUT2D eigenvalue weighted by molar-refractivity contribution is 7.89. The number of nitrogens with zero attached hydrogens (tertiary/aromatic N) is 1. The summed E-state index contributed by atoms with van der Waals surface area (Å²) in [5, 5.41) is 0. The van der Waals surface area contributed by atoms with Crippen LogP contribution in [0, 0.1) is 6.92 Å². The topological polar surface area (TPSA) is 54.5 Å².